The van der Waals surface area contributed by atoms with Crippen molar-refractivity contribution in [2.24, 2.45) is 0 Å². The van der Waals surface area contributed by atoms with Gasteiger partial charge in [-0.25, -0.2) is 4.98 Å². The molecule has 0 bridgehead atoms. The first kappa shape index (κ1) is 12.8. The van der Waals surface area contributed by atoms with Crippen LogP contribution in [-0.2, 0) is 13.2 Å². The van der Waals surface area contributed by atoms with E-state index in [1.54, 1.807) is 0 Å². The first-order chi connectivity index (χ1) is 8.52. The maximum absolute atomic E-state index is 9.40. The summed E-state index contributed by atoms with van der Waals surface area (Å²) in [5, 5.41) is 9.40. The Bertz CT molecular complexity index is 581. The average molecular weight is 244 g/mol. The molecular formula is C15H20N2O. The van der Waals surface area contributed by atoms with Crippen molar-refractivity contribution in [2.45, 2.75) is 39.8 Å². The standard InChI is InChI=1S/C15H20N2O/c1-10(2)8-17-14-6-5-12(11(3)4)7-13(14)16-15(17)9-18/h5-7,11,18H,1,8-9H2,2-4H3. The molecule has 0 atom stereocenters. The van der Waals surface area contributed by atoms with E-state index in [9.17, 15) is 5.11 Å². The van der Waals surface area contributed by atoms with Gasteiger partial charge in [0.05, 0.1) is 11.0 Å². The fourth-order valence-corrected chi connectivity index (χ4v) is 2.12. The molecule has 2 aromatic rings. The van der Waals surface area contributed by atoms with Gasteiger partial charge in [0, 0.05) is 6.54 Å². The minimum absolute atomic E-state index is 0.0427. The van der Waals surface area contributed by atoms with Crippen LogP contribution in [0.25, 0.3) is 11.0 Å². The molecule has 1 heterocycles. The molecule has 18 heavy (non-hydrogen) atoms. The number of allylic oxidation sites excluding steroid dienone is 1. The summed E-state index contributed by atoms with van der Waals surface area (Å²) in [6.07, 6.45) is 0. The molecule has 0 spiro atoms. The molecule has 0 saturated heterocycles. The Hall–Kier alpha value is -1.61. The van der Waals surface area contributed by atoms with Crippen LogP contribution in [0.1, 0.15) is 38.1 Å². The van der Waals surface area contributed by atoms with Crippen LogP contribution in [0.2, 0.25) is 0 Å². The van der Waals surface area contributed by atoms with Gasteiger partial charge >= 0.3 is 0 Å². The third-order valence-corrected chi connectivity index (χ3v) is 3.09. The average Bonchev–Trinajstić information content (AvgIpc) is 2.65. The number of aromatic nitrogens is 2. The van der Waals surface area contributed by atoms with Crippen molar-refractivity contribution in [3.63, 3.8) is 0 Å². The number of imidazole rings is 1. The van der Waals surface area contributed by atoms with Gasteiger partial charge in [-0.05, 0) is 30.5 Å². The molecule has 0 amide bonds. The zero-order valence-electron chi connectivity index (χ0n) is 11.3. The lowest BCUT2D eigenvalue weighted by atomic mass is 10.0. The highest BCUT2D eigenvalue weighted by molar-refractivity contribution is 5.77. The molecule has 0 aliphatic heterocycles. The smallest absolute Gasteiger partial charge is 0.136 e. The second-order valence-electron chi connectivity index (χ2n) is 5.13. The Kier molecular flexibility index (Phi) is 3.53. The van der Waals surface area contributed by atoms with Crippen LogP contribution < -0.4 is 0 Å². The molecule has 1 aromatic carbocycles. The highest BCUT2D eigenvalue weighted by Gasteiger charge is 2.11. The minimum atomic E-state index is -0.0427. The zero-order chi connectivity index (χ0) is 13.3. The summed E-state index contributed by atoms with van der Waals surface area (Å²) in [4.78, 5) is 4.50. The Morgan fingerprint density at radius 2 is 2.17 bits per heavy atom. The van der Waals surface area contributed by atoms with Crippen molar-refractivity contribution in [1.82, 2.24) is 9.55 Å². The molecule has 2 rings (SSSR count). The third kappa shape index (κ3) is 2.31. The number of benzene rings is 1. The fourth-order valence-electron chi connectivity index (χ4n) is 2.12. The van der Waals surface area contributed by atoms with Crippen LogP contribution in [0.15, 0.2) is 30.4 Å². The van der Waals surface area contributed by atoms with E-state index >= 15 is 0 Å². The highest BCUT2D eigenvalue weighted by Crippen LogP contribution is 2.23. The monoisotopic (exact) mass is 244 g/mol. The number of fused-ring (bicyclic) bond motifs is 1. The van der Waals surface area contributed by atoms with E-state index in [-0.39, 0.29) is 6.61 Å². The maximum atomic E-state index is 9.40. The number of nitrogens with zero attached hydrogens (tertiary/aromatic N) is 2. The molecule has 0 unspecified atom stereocenters. The summed E-state index contributed by atoms with van der Waals surface area (Å²) >= 11 is 0. The molecule has 0 aliphatic carbocycles. The molecule has 3 nitrogen and oxygen atoms in total. The quantitative estimate of drug-likeness (QED) is 0.838. The molecule has 0 saturated carbocycles. The van der Waals surface area contributed by atoms with Crippen molar-refractivity contribution in [2.75, 3.05) is 0 Å². The molecule has 0 aliphatic rings. The van der Waals surface area contributed by atoms with E-state index in [2.05, 4.69) is 43.6 Å². The van der Waals surface area contributed by atoms with E-state index in [4.69, 9.17) is 0 Å². The normalized spacial score (nSPS) is 11.4. The summed E-state index contributed by atoms with van der Waals surface area (Å²) in [6, 6.07) is 6.32. The second kappa shape index (κ2) is 4.94. The predicted molar refractivity (Wildman–Crippen MR) is 74.6 cm³/mol. The minimum Gasteiger partial charge on any atom is -0.388 e. The van der Waals surface area contributed by atoms with Gasteiger partial charge in [0.1, 0.15) is 12.4 Å². The third-order valence-electron chi connectivity index (χ3n) is 3.09. The van der Waals surface area contributed by atoms with Crippen LogP contribution in [-0.4, -0.2) is 14.7 Å². The predicted octanol–water partition coefficient (Wildman–Crippen LogP) is 3.23. The molecule has 1 aromatic heterocycles. The Morgan fingerprint density at radius 1 is 1.44 bits per heavy atom. The Balaban J connectivity index is 2.58. The lowest BCUT2D eigenvalue weighted by Crippen LogP contribution is -2.04. The number of hydrogen-bond acceptors (Lipinski definition) is 2. The van der Waals surface area contributed by atoms with E-state index < -0.39 is 0 Å². The summed E-state index contributed by atoms with van der Waals surface area (Å²) in [6.45, 7) is 10.9. The molecular weight excluding hydrogens is 224 g/mol. The Labute approximate surface area is 108 Å². The van der Waals surface area contributed by atoms with Gasteiger partial charge in [0.2, 0.25) is 0 Å². The molecule has 1 N–H and O–H groups in total. The van der Waals surface area contributed by atoms with Crippen LogP contribution >= 0.6 is 0 Å². The lowest BCUT2D eigenvalue weighted by molar-refractivity contribution is 0.267. The fraction of sp³-hybridized carbons (Fsp3) is 0.400. The van der Waals surface area contributed by atoms with Crippen LogP contribution in [0, 0.1) is 0 Å². The maximum Gasteiger partial charge on any atom is 0.136 e. The lowest BCUT2D eigenvalue weighted by Gasteiger charge is -2.08. The Morgan fingerprint density at radius 3 is 2.72 bits per heavy atom. The van der Waals surface area contributed by atoms with Crippen LogP contribution in [0.5, 0.6) is 0 Å². The van der Waals surface area contributed by atoms with Gasteiger partial charge in [0.15, 0.2) is 0 Å². The largest absolute Gasteiger partial charge is 0.388 e. The SMILES string of the molecule is C=C(C)Cn1c(CO)nc2cc(C(C)C)ccc21. The van der Waals surface area contributed by atoms with Crippen molar-refractivity contribution < 1.29 is 5.11 Å². The van der Waals surface area contributed by atoms with Crippen molar-refractivity contribution >= 4 is 11.0 Å². The molecule has 0 radical (unpaired) electrons. The second-order valence-corrected chi connectivity index (χ2v) is 5.13. The van der Waals surface area contributed by atoms with Crippen molar-refractivity contribution in [3.8, 4) is 0 Å². The molecule has 96 valence electrons. The van der Waals surface area contributed by atoms with Gasteiger partial charge in [-0.15, -0.1) is 0 Å². The summed E-state index contributed by atoms with van der Waals surface area (Å²) in [5.74, 6) is 1.19. The van der Waals surface area contributed by atoms with Crippen LogP contribution in [0.3, 0.4) is 0 Å². The first-order valence-corrected chi connectivity index (χ1v) is 6.27. The number of rotatable bonds is 4. The summed E-state index contributed by atoms with van der Waals surface area (Å²) in [7, 11) is 0. The zero-order valence-corrected chi connectivity index (χ0v) is 11.3. The molecule has 0 fully saturated rings. The highest BCUT2D eigenvalue weighted by atomic mass is 16.3. The van der Waals surface area contributed by atoms with E-state index in [1.807, 2.05) is 11.5 Å². The topological polar surface area (TPSA) is 38.0 Å². The van der Waals surface area contributed by atoms with Gasteiger partial charge in [-0.3, -0.25) is 0 Å². The van der Waals surface area contributed by atoms with E-state index in [0.29, 0.717) is 18.3 Å². The van der Waals surface area contributed by atoms with Crippen molar-refractivity contribution in [3.05, 3.63) is 41.7 Å². The number of aliphatic hydroxyl groups excluding tert-OH is 1. The van der Waals surface area contributed by atoms with Gasteiger partial charge in [-0.2, -0.15) is 0 Å². The number of hydrogen-bond donors (Lipinski definition) is 1. The van der Waals surface area contributed by atoms with Crippen LogP contribution in [0.4, 0.5) is 0 Å². The van der Waals surface area contributed by atoms with Gasteiger partial charge < -0.3 is 9.67 Å². The molecule has 3 heteroatoms. The first-order valence-electron chi connectivity index (χ1n) is 6.27. The van der Waals surface area contributed by atoms with Gasteiger partial charge in [0.25, 0.3) is 0 Å². The van der Waals surface area contributed by atoms with E-state index in [1.165, 1.54) is 5.56 Å². The van der Waals surface area contributed by atoms with Crippen molar-refractivity contribution in [1.29, 1.82) is 0 Å². The summed E-state index contributed by atoms with van der Waals surface area (Å²) < 4.78 is 2.03. The summed E-state index contributed by atoms with van der Waals surface area (Å²) in [5.41, 5.74) is 4.34. The van der Waals surface area contributed by atoms with Gasteiger partial charge in [-0.1, -0.05) is 32.1 Å². The van der Waals surface area contributed by atoms with E-state index in [0.717, 1.165) is 16.6 Å². The number of aliphatic hydroxyl groups is 1.